The highest BCUT2D eigenvalue weighted by molar-refractivity contribution is 9.10. The molecule has 0 radical (unpaired) electrons. The van der Waals surface area contributed by atoms with E-state index in [1.54, 1.807) is 7.05 Å². The van der Waals surface area contributed by atoms with Gasteiger partial charge in [0.25, 0.3) is 10.0 Å². The third kappa shape index (κ3) is 3.63. The van der Waals surface area contributed by atoms with Gasteiger partial charge in [-0.15, -0.1) is 0 Å². The highest BCUT2D eigenvalue weighted by Gasteiger charge is 2.17. The van der Waals surface area contributed by atoms with Crippen molar-refractivity contribution < 1.29 is 12.8 Å². The van der Waals surface area contributed by atoms with E-state index in [-0.39, 0.29) is 20.1 Å². The van der Waals surface area contributed by atoms with Crippen LogP contribution < -0.4 is 10.0 Å². The largest absolute Gasteiger partial charge is 0.372 e. The summed E-state index contributed by atoms with van der Waals surface area (Å²) in [6.07, 6.45) is 1.18. The van der Waals surface area contributed by atoms with Gasteiger partial charge in [0, 0.05) is 13.2 Å². The first-order chi connectivity index (χ1) is 9.83. The highest BCUT2D eigenvalue weighted by Crippen LogP contribution is 2.25. The molecule has 0 aliphatic rings. The second-order valence-electron chi connectivity index (χ2n) is 3.99. The minimum absolute atomic E-state index is 0.0908. The van der Waals surface area contributed by atoms with Crippen LogP contribution in [0.25, 0.3) is 0 Å². The molecule has 0 aliphatic carbocycles. The third-order valence-electron chi connectivity index (χ3n) is 2.54. The number of anilines is 2. The number of halogens is 3. The van der Waals surface area contributed by atoms with E-state index >= 15 is 0 Å². The fourth-order valence-corrected chi connectivity index (χ4v) is 3.25. The topological polar surface area (TPSA) is 71.1 Å². The molecular formula is C12H10BrClFN3O2S. The van der Waals surface area contributed by atoms with Gasteiger partial charge in [-0.3, -0.25) is 4.72 Å². The van der Waals surface area contributed by atoms with Gasteiger partial charge in [-0.1, -0.05) is 11.6 Å². The summed E-state index contributed by atoms with van der Waals surface area (Å²) < 4.78 is 40.0. The van der Waals surface area contributed by atoms with Crippen LogP contribution in [0.5, 0.6) is 0 Å². The summed E-state index contributed by atoms with van der Waals surface area (Å²) in [5.74, 6) is -0.110. The minimum atomic E-state index is -3.86. The Bertz CT molecular complexity index is 786. The summed E-state index contributed by atoms with van der Waals surface area (Å²) >= 11 is 8.90. The van der Waals surface area contributed by atoms with Crippen molar-refractivity contribution in [1.82, 2.24) is 4.98 Å². The lowest BCUT2D eigenvalue weighted by Gasteiger charge is -2.10. The fraction of sp³-hybridized carbons (Fsp3) is 0.0833. The molecule has 0 fully saturated rings. The van der Waals surface area contributed by atoms with Gasteiger partial charge in [-0.05, 0) is 40.2 Å². The Morgan fingerprint density at radius 3 is 2.62 bits per heavy atom. The number of sulfonamides is 1. The van der Waals surface area contributed by atoms with Crippen molar-refractivity contribution >= 4 is 49.1 Å². The molecule has 112 valence electrons. The Morgan fingerprint density at radius 2 is 2.05 bits per heavy atom. The molecule has 0 bridgehead atoms. The number of aromatic nitrogens is 1. The van der Waals surface area contributed by atoms with Crippen molar-refractivity contribution in [2.24, 2.45) is 0 Å². The number of pyridine rings is 1. The first kappa shape index (κ1) is 16.0. The van der Waals surface area contributed by atoms with E-state index in [2.05, 4.69) is 31.0 Å². The summed E-state index contributed by atoms with van der Waals surface area (Å²) in [6, 6.07) is 5.07. The van der Waals surface area contributed by atoms with E-state index in [0.29, 0.717) is 5.82 Å². The van der Waals surface area contributed by atoms with Crippen LogP contribution in [0.2, 0.25) is 5.02 Å². The van der Waals surface area contributed by atoms with Crippen molar-refractivity contribution in [3.63, 3.8) is 0 Å². The van der Waals surface area contributed by atoms with E-state index in [9.17, 15) is 12.8 Å². The Labute approximate surface area is 134 Å². The first-order valence-corrected chi connectivity index (χ1v) is 8.30. The van der Waals surface area contributed by atoms with Gasteiger partial charge in [-0.2, -0.15) is 0 Å². The van der Waals surface area contributed by atoms with E-state index in [1.807, 2.05) is 0 Å². The molecule has 9 heteroatoms. The Morgan fingerprint density at radius 1 is 1.33 bits per heavy atom. The lowest BCUT2D eigenvalue weighted by atomic mass is 10.3. The van der Waals surface area contributed by atoms with Gasteiger partial charge >= 0.3 is 0 Å². The second-order valence-corrected chi connectivity index (χ2v) is 6.93. The van der Waals surface area contributed by atoms with Gasteiger partial charge in [0.15, 0.2) is 0 Å². The van der Waals surface area contributed by atoms with Gasteiger partial charge in [0.05, 0.1) is 15.2 Å². The molecule has 2 aromatic rings. The molecule has 0 amide bonds. The normalized spacial score (nSPS) is 11.2. The molecule has 0 saturated heterocycles. The van der Waals surface area contributed by atoms with E-state index in [0.717, 1.165) is 6.07 Å². The van der Waals surface area contributed by atoms with Crippen LogP contribution in [0.4, 0.5) is 15.9 Å². The molecule has 5 nitrogen and oxygen atoms in total. The molecule has 0 atom stereocenters. The SMILES string of the molecule is CNc1ncc(S(=O)(=O)Nc2ccc(F)c(Br)c2)cc1Cl. The molecule has 0 spiro atoms. The third-order valence-corrected chi connectivity index (χ3v) is 4.78. The molecule has 1 heterocycles. The molecule has 21 heavy (non-hydrogen) atoms. The van der Waals surface area contributed by atoms with Gasteiger partial charge in [-0.25, -0.2) is 17.8 Å². The van der Waals surface area contributed by atoms with Gasteiger partial charge in [0.1, 0.15) is 16.5 Å². The van der Waals surface area contributed by atoms with E-state index in [1.165, 1.54) is 24.4 Å². The maximum absolute atomic E-state index is 13.1. The summed E-state index contributed by atoms with van der Waals surface area (Å²) in [5.41, 5.74) is 0.220. The zero-order valence-electron chi connectivity index (χ0n) is 10.7. The first-order valence-electron chi connectivity index (χ1n) is 5.64. The smallest absolute Gasteiger partial charge is 0.263 e. The van der Waals surface area contributed by atoms with Crippen molar-refractivity contribution in [3.8, 4) is 0 Å². The molecule has 0 unspecified atom stereocenters. The van der Waals surface area contributed by atoms with Crippen molar-refractivity contribution in [2.45, 2.75) is 4.90 Å². The molecule has 0 saturated carbocycles. The molecule has 1 aromatic carbocycles. The average Bonchev–Trinajstić information content (AvgIpc) is 2.42. The second kappa shape index (κ2) is 6.17. The summed E-state index contributed by atoms with van der Waals surface area (Å²) in [5, 5.41) is 2.91. The zero-order chi connectivity index (χ0) is 15.6. The molecular weight excluding hydrogens is 385 g/mol. The number of benzene rings is 1. The molecule has 2 N–H and O–H groups in total. The van der Waals surface area contributed by atoms with E-state index < -0.39 is 15.8 Å². The lowest BCUT2D eigenvalue weighted by Crippen LogP contribution is -2.13. The maximum Gasteiger partial charge on any atom is 0.263 e. The summed E-state index contributed by atoms with van der Waals surface area (Å²) in [4.78, 5) is 3.81. The maximum atomic E-state index is 13.1. The highest BCUT2D eigenvalue weighted by atomic mass is 79.9. The lowest BCUT2D eigenvalue weighted by molar-refractivity contribution is 0.600. The number of hydrogen-bond donors (Lipinski definition) is 2. The zero-order valence-corrected chi connectivity index (χ0v) is 13.9. The van der Waals surface area contributed by atoms with Gasteiger partial charge < -0.3 is 5.32 Å². The summed E-state index contributed by atoms with van der Waals surface area (Å²) in [7, 11) is -2.24. The quantitative estimate of drug-likeness (QED) is 0.833. The molecule has 1 aromatic heterocycles. The van der Waals surface area contributed by atoms with Crippen molar-refractivity contribution in [3.05, 3.63) is 45.8 Å². The fourth-order valence-electron chi connectivity index (χ4n) is 1.52. The summed E-state index contributed by atoms with van der Waals surface area (Å²) in [6.45, 7) is 0. The Hall–Kier alpha value is -1.38. The average molecular weight is 395 g/mol. The van der Waals surface area contributed by atoms with Crippen LogP contribution in [-0.4, -0.2) is 20.4 Å². The van der Waals surface area contributed by atoms with Crippen LogP contribution in [0.1, 0.15) is 0 Å². The monoisotopic (exact) mass is 393 g/mol. The van der Waals surface area contributed by atoms with Crippen molar-refractivity contribution in [2.75, 3.05) is 17.1 Å². The standard InChI is InChI=1S/C12H10BrClFN3O2S/c1-16-12-10(14)5-8(6-17-12)21(19,20)18-7-2-3-11(15)9(13)4-7/h2-6,18H,1H3,(H,16,17). The number of nitrogens with zero attached hydrogens (tertiary/aromatic N) is 1. The van der Waals surface area contributed by atoms with Crippen LogP contribution in [-0.2, 0) is 10.0 Å². The number of nitrogens with one attached hydrogen (secondary N) is 2. The number of rotatable bonds is 4. The van der Waals surface area contributed by atoms with Crippen LogP contribution >= 0.6 is 27.5 Å². The molecule has 0 aliphatic heterocycles. The predicted molar refractivity (Wildman–Crippen MR) is 83.7 cm³/mol. The van der Waals surface area contributed by atoms with E-state index in [4.69, 9.17) is 11.6 Å². The minimum Gasteiger partial charge on any atom is -0.372 e. The van der Waals surface area contributed by atoms with Crippen LogP contribution in [0.3, 0.4) is 0 Å². The Kier molecular flexibility index (Phi) is 4.70. The van der Waals surface area contributed by atoms with Crippen molar-refractivity contribution in [1.29, 1.82) is 0 Å². The van der Waals surface area contributed by atoms with Crippen LogP contribution in [0.15, 0.2) is 39.8 Å². The number of hydrogen-bond acceptors (Lipinski definition) is 4. The Balaban J connectivity index is 2.33. The predicted octanol–water partition coefficient (Wildman–Crippen LogP) is 3.48. The molecule has 2 rings (SSSR count). The van der Waals surface area contributed by atoms with Gasteiger partial charge in [0.2, 0.25) is 0 Å². The van der Waals surface area contributed by atoms with Crippen LogP contribution in [0, 0.1) is 5.82 Å².